The fraction of sp³-hybridized carbons (Fsp3) is 0.333. The number of sulfone groups is 2. The van der Waals surface area contributed by atoms with Crippen molar-refractivity contribution in [3.63, 3.8) is 0 Å². The molecule has 4 rings (SSSR count). The summed E-state index contributed by atoms with van der Waals surface area (Å²) in [5.41, 5.74) is -1.55. The molecule has 0 aromatic heterocycles. The molecule has 10 heteroatoms. The topological polar surface area (TPSA) is 121 Å². The van der Waals surface area contributed by atoms with Gasteiger partial charge in [0.15, 0.2) is 15.3 Å². The van der Waals surface area contributed by atoms with Crippen LogP contribution in [-0.4, -0.2) is 48.2 Å². The van der Waals surface area contributed by atoms with Crippen LogP contribution in [0.2, 0.25) is 0 Å². The van der Waals surface area contributed by atoms with Gasteiger partial charge in [0.25, 0.3) is 0 Å². The standard InChI is InChI=1S/C24H24O8S2/c1-31-22(25)24(23(26)32-2)14-18-19(15-24)21(34(29,30)17-11-7-4-8-12-17)13-20(18)33(27,28)16-9-5-3-6-10-16/h3-12,18,20H,13-15H2,1-2H3/t18-,20-/m0/s1. The van der Waals surface area contributed by atoms with Gasteiger partial charge < -0.3 is 9.47 Å². The Morgan fingerprint density at radius 2 is 1.32 bits per heavy atom. The van der Waals surface area contributed by atoms with E-state index in [-0.39, 0.29) is 39.5 Å². The number of allylic oxidation sites excluding steroid dienone is 2. The van der Waals surface area contributed by atoms with Crippen molar-refractivity contribution in [1.29, 1.82) is 0 Å². The van der Waals surface area contributed by atoms with Gasteiger partial charge in [0.05, 0.1) is 34.2 Å². The van der Waals surface area contributed by atoms with Crippen LogP contribution < -0.4 is 0 Å². The maximum Gasteiger partial charge on any atom is 0.323 e. The maximum atomic E-state index is 13.6. The summed E-state index contributed by atoms with van der Waals surface area (Å²) in [6.07, 6.45) is -0.738. The summed E-state index contributed by atoms with van der Waals surface area (Å²) in [5, 5.41) is -1.16. The molecule has 0 amide bonds. The largest absolute Gasteiger partial charge is 0.468 e. The van der Waals surface area contributed by atoms with Crippen LogP contribution in [0.25, 0.3) is 0 Å². The minimum Gasteiger partial charge on any atom is -0.468 e. The Hall–Kier alpha value is -2.98. The highest BCUT2D eigenvalue weighted by Crippen LogP contribution is 2.57. The van der Waals surface area contributed by atoms with E-state index in [0.29, 0.717) is 0 Å². The van der Waals surface area contributed by atoms with Gasteiger partial charge in [-0.25, -0.2) is 16.8 Å². The molecular weight excluding hydrogens is 480 g/mol. The molecule has 2 aromatic carbocycles. The van der Waals surface area contributed by atoms with E-state index in [2.05, 4.69) is 0 Å². The summed E-state index contributed by atoms with van der Waals surface area (Å²) in [7, 11) is -5.83. The van der Waals surface area contributed by atoms with Gasteiger partial charge in [-0.15, -0.1) is 0 Å². The van der Waals surface area contributed by atoms with E-state index >= 15 is 0 Å². The number of benzene rings is 2. The summed E-state index contributed by atoms with van der Waals surface area (Å²) < 4.78 is 64.2. The van der Waals surface area contributed by atoms with Crippen molar-refractivity contribution in [3.8, 4) is 0 Å². The highest BCUT2D eigenvalue weighted by Gasteiger charge is 2.62. The van der Waals surface area contributed by atoms with Crippen LogP contribution in [0.1, 0.15) is 19.3 Å². The molecule has 0 saturated heterocycles. The first-order valence-corrected chi connectivity index (χ1v) is 13.6. The Labute approximate surface area is 198 Å². The number of fused-ring (bicyclic) bond motifs is 1. The number of carbonyl (C=O) groups excluding carboxylic acids is 2. The molecule has 2 aliphatic carbocycles. The molecule has 2 atom stereocenters. The average Bonchev–Trinajstić information content (AvgIpc) is 3.41. The van der Waals surface area contributed by atoms with E-state index in [0.717, 1.165) is 14.2 Å². The number of rotatable bonds is 6. The molecule has 0 N–H and O–H groups in total. The van der Waals surface area contributed by atoms with E-state index in [1.165, 1.54) is 24.3 Å². The third-order valence-electron chi connectivity index (χ3n) is 6.70. The minimum atomic E-state index is -4.07. The quantitative estimate of drug-likeness (QED) is 0.435. The van der Waals surface area contributed by atoms with Crippen LogP contribution in [0.5, 0.6) is 0 Å². The molecule has 0 radical (unpaired) electrons. The molecule has 8 nitrogen and oxygen atoms in total. The minimum absolute atomic E-state index is 0.0163. The van der Waals surface area contributed by atoms with Crippen LogP contribution in [0.15, 0.2) is 80.9 Å². The average molecular weight is 505 g/mol. The summed E-state index contributed by atoms with van der Waals surface area (Å²) >= 11 is 0. The molecule has 0 bridgehead atoms. The number of esters is 2. The number of hydrogen-bond donors (Lipinski definition) is 0. The zero-order valence-corrected chi connectivity index (χ0v) is 20.3. The molecular formula is C24H24O8S2. The van der Waals surface area contributed by atoms with Gasteiger partial charge >= 0.3 is 11.9 Å². The van der Waals surface area contributed by atoms with Crippen molar-refractivity contribution >= 4 is 31.6 Å². The second kappa shape index (κ2) is 8.66. The second-order valence-electron chi connectivity index (χ2n) is 8.42. The van der Waals surface area contributed by atoms with E-state index in [9.17, 15) is 26.4 Å². The first kappa shape index (κ1) is 24.2. The van der Waals surface area contributed by atoms with E-state index in [4.69, 9.17) is 9.47 Å². The highest BCUT2D eigenvalue weighted by atomic mass is 32.2. The van der Waals surface area contributed by atoms with Crippen molar-refractivity contribution in [2.24, 2.45) is 11.3 Å². The fourth-order valence-corrected chi connectivity index (χ4v) is 8.90. The zero-order valence-electron chi connectivity index (χ0n) is 18.6. The second-order valence-corrected chi connectivity index (χ2v) is 12.6. The summed E-state index contributed by atoms with van der Waals surface area (Å²) in [6.45, 7) is 0. The highest BCUT2D eigenvalue weighted by molar-refractivity contribution is 7.95. The maximum absolute atomic E-state index is 13.6. The number of methoxy groups -OCH3 is 2. The van der Waals surface area contributed by atoms with Crippen molar-refractivity contribution in [1.82, 2.24) is 0 Å². The Morgan fingerprint density at radius 3 is 1.82 bits per heavy atom. The first-order chi connectivity index (χ1) is 16.1. The zero-order chi connectivity index (χ0) is 24.7. The van der Waals surface area contributed by atoms with Gasteiger partial charge in [-0.1, -0.05) is 36.4 Å². The van der Waals surface area contributed by atoms with Gasteiger partial charge in [0, 0.05) is 12.3 Å². The predicted octanol–water partition coefficient (Wildman–Crippen LogP) is 2.70. The van der Waals surface area contributed by atoms with Crippen molar-refractivity contribution in [2.75, 3.05) is 14.2 Å². The lowest BCUT2D eigenvalue weighted by atomic mass is 9.84. The molecule has 1 saturated carbocycles. The molecule has 180 valence electrons. The molecule has 0 aliphatic heterocycles. The fourth-order valence-electron chi connectivity index (χ4n) is 5.06. The molecule has 1 fully saturated rings. The molecule has 0 heterocycles. The van der Waals surface area contributed by atoms with Gasteiger partial charge in [-0.05, 0) is 42.7 Å². The molecule has 2 aromatic rings. The first-order valence-electron chi connectivity index (χ1n) is 10.6. The van der Waals surface area contributed by atoms with Crippen molar-refractivity contribution < 1.29 is 35.9 Å². The normalized spacial score (nSPS) is 21.7. The lowest BCUT2D eigenvalue weighted by Crippen LogP contribution is -2.40. The van der Waals surface area contributed by atoms with Crippen LogP contribution in [-0.2, 0) is 38.7 Å². The van der Waals surface area contributed by atoms with Gasteiger partial charge in [-0.2, -0.15) is 0 Å². The lowest BCUT2D eigenvalue weighted by molar-refractivity contribution is -0.168. The summed E-state index contributed by atoms with van der Waals surface area (Å²) in [5.74, 6) is -2.63. The molecule has 0 spiro atoms. The lowest BCUT2D eigenvalue weighted by Gasteiger charge is -2.25. The SMILES string of the molecule is COC(=O)C1(C(=O)OC)CC2=C(S(=O)(=O)c3ccccc3)C[C@H](S(=O)(=O)c3ccccc3)[C@H]2C1. The third kappa shape index (κ3) is 3.65. The van der Waals surface area contributed by atoms with Crippen LogP contribution in [0.4, 0.5) is 0 Å². The van der Waals surface area contributed by atoms with Crippen molar-refractivity contribution in [3.05, 3.63) is 71.1 Å². The van der Waals surface area contributed by atoms with Crippen molar-refractivity contribution in [2.45, 2.75) is 34.3 Å². The van der Waals surface area contributed by atoms with E-state index in [1.54, 1.807) is 36.4 Å². The Bertz CT molecular complexity index is 1340. The van der Waals surface area contributed by atoms with Gasteiger partial charge in [0.1, 0.15) is 0 Å². The molecule has 34 heavy (non-hydrogen) atoms. The van der Waals surface area contributed by atoms with Crippen LogP contribution in [0.3, 0.4) is 0 Å². The molecule has 0 unspecified atom stereocenters. The number of ether oxygens (including phenoxy) is 2. The van der Waals surface area contributed by atoms with E-state index in [1.807, 2.05) is 0 Å². The number of hydrogen-bond acceptors (Lipinski definition) is 8. The van der Waals surface area contributed by atoms with Gasteiger partial charge in [0.2, 0.25) is 9.84 Å². The van der Waals surface area contributed by atoms with E-state index < -0.39 is 48.2 Å². The monoisotopic (exact) mass is 504 g/mol. The summed E-state index contributed by atoms with van der Waals surface area (Å²) in [4.78, 5) is 25.5. The smallest absolute Gasteiger partial charge is 0.323 e. The van der Waals surface area contributed by atoms with Gasteiger partial charge in [-0.3, -0.25) is 9.59 Å². The number of carbonyl (C=O) groups is 2. The molecule has 2 aliphatic rings. The predicted molar refractivity (Wildman–Crippen MR) is 122 cm³/mol. The Morgan fingerprint density at radius 1 is 0.824 bits per heavy atom. The summed E-state index contributed by atoms with van der Waals surface area (Å²) in [6, 6.07) is 15.4. The Balaban J connectivity index is 1.91. The third-order valence-corrected chi connectivity index (χ3v) is 10.9. The van der Waals surface area contributed by atoms with Crippen LogP contribution in [0, 0.1) is 11.3 Å². The van der Waals surface area contributed by atoms with Crippen LogP contribution >= 0.6 is 0 Å². The Kier molecular flexibility index (Phi) is 6.15.